The monoisotopic (exact) mass is 317 g/mol. The minimum atomic E-state index is -0.171. The zero-order valence-corrected chi connectivity index (χ0v) is 13.7. The highest BCUT2D eigenvalue weighted by molar-refractivity contribution is 7.14. The van der Waals surface area contributed by atoms with Gasteiger partial charge < -0.3 is 0 Å². The molecular weight excluding hydrogens is 294 g/mol. The molecule has 4 heteroatoms. The number of carbonyl (C=O) groups excluding carboxylic acids is 1. The first kappa shape index (κ1) is 16.7. The Morgan fingerprint density at radius 3 is 2.50 bits per heavy atom. The normalized spacial score (nSPS) is 10.9. The maximum atomic E-state index is 12.2. The first-order chi connectivity index (χ1) is 10.7. The minimum absolute atomic E-state index is 0.0714. The number of fused-ring (bicyclic) bond motifs is 1. The number of nitrogens with zero attached hydrogens (tertiary/aromatic N) is 1. The molecule has 118 valence electrons. The molecule has 0 aliphatic carbocycles. The van der Waals surface area contributed by atoms with Crippen molar-refractivity contribution < 1.29 is 4.79 Å². The molecule has 1 aromatic heterocycles. The molecule has 0 amide bonds. The number of unbranched alkanes of at least 4 members (excludes halogenated alkanes) is 6. The van der Waals surface area contributed by atoms with Gasteiger partial charge in [0, 0.05) is 6.42 Å². The van der Waals surface area contributed by atoms with Crippen LogP contribution in [0.2, 0.25) is 0 Å². The van der Waals surface area contributed by atoms with Crippen molar-refractivity contribution in [2.45, 2.75) is 51.4 Å². The highest BCUT2D eigenvalue weighted by Gasteiger charge is 2.12. The summed E-state index contributed by atoms with van der Waals surface area (Å²) < 4.78 is 2.19. The van der Waals surface area contributed by atoms with Crippen LogP contribution in [-0.4, -0.2) is 9.86 Å². The lowest BCUT2D eigenvalue weighted by atomic mass is 10.1. The van der Waals surface area contributed by atoms with E-state index in [1.54, 1.807) is 6.07 Å². The van der Waals surface area contributed by atoms with Crippen molar-refractivity contribution in [1.29, 1.82) is 0 Å². The molecule has 1 aromatic carbocycles. The summed E-state index contributed by atoms with van der Waals surface area (Å²) in [5.74, 6) is -0.0714. The molecule has 0 radical (unpaired) electrons. The van der Waals surface area contributed by atoms with Crippen LogP contribution < -0.4 is 5.56 Å². The lowest BCUT2D eigenvalue weighted by Gasteiger charge is -2.01. The summed E-state index contributed by atoms with van der Waals surface area (Å²) in [7, 11) is 0. The third kappa shape index (κ3) is 4.41. The van der Waals surface area contributed by atoms with Crippen LogP contribution in [0.1, 0.15) is 56.2 Å². The molecule has 3 nitrogen and oxygen atoms in total. The molecule has 2 aromatic rings. The first-order valence-corrected chi connectivity index (χ1v) is 8.76. The van der Waals surface area contributed by atoms with E-state index in [1.807, 2.05) is 24.3 Å². The Hall–Kier alpha value is -1.68. The Balaban J connectivity index is 1.76. The summed E-state index contributed by atoms with van der Waals surface area (Å²) in [4.78, 5) is 24.3. The van der Waals surface area contributed by atoms with Gasteiger partial charge in [-0.3, -0.25) is 9.59 Å². The van der Waals surface area contributed by atoms with Gasteiger partial charge in [0.15, 0.2) is 0 Å². The molecule has 0 unspecified atom stereocenters. The lowest BCUT2D eigenvalue weighted by molar-refractivity contribution is 0.0908. The maximum Gasteiger partial charge on any atom is 0.275 e. The molecule has 0 saturated carbocycles. The second-order valence-electron chi connectivity index (χ2n) is 5.53. The van der Waals surface area contributed by atoms with Crippen LogP contribution in [0.25, 0.3) is 10.1 Å². The largest absolute Gasteiger partial charge is 0.275 e. The SMILES string of the molecule is C=CCCCCCCCCC(=O)n1sc2ccccc2c1=O. The summed E-state index contributed by atoms with van der Waals surface area (Å²) in [5.41, 5.74) is -0.171. The fraction of sp³-hybridized carbons (Fsp3) is 0.444. The van der Waals surface area contributed by atoms with E-state index in [0.717, 1.165) is 30.4 Å². The molecule has 0 bridgehead atoms. The number of hydrogen-bond acceptors (Lipinski definition) is 3. The van der Waals surface area contributed by atoms with E-state index >= 15 is 0 Å². The fourth-order valence-electron chi connectivity index (χ4n) is 2.51. The number of allylic oxidation sites excluding steroid dienone is 1. The van der Waals surface area contributed by atoms with Crippen molar-refractivity contribution in [3.05, 3.63) is 47.3 Å². The van der Waals surface area contributed by atoms with Crippen LogP contribution in [0.3, 0.4) is 0 Å². The van der Waals surface area contributed by atoms with Gasteiger partial charge in [-0.15, -0.1) is 6.58 Å². The number of carbonyl (C=O) groups is 1. The topological polar surface area (TPSA) is 39.1 Å². The molecule has 0 aliphatic heterocycles. The van der Waals surface area contributed by atoms with Gasteiger partial charge >= 0.3 is 0 Å². The summed E-state index contributed by atoms with van der Waals surface area (Å²) in [6.07, 6.45) is 10.2. The van der Waals surface area contributed by atoms with Crippen molar-refractivity contribution in [3.8, 4) is 0 Å². The predicted octanol–water partition coefficient (Wildman–Crippen LogP) is 5.01. The lowest BCUT2D eigenvalue weighted by Crippen LogP contribution is -2.20. The molecular formula is C18H23NO2S. The van der Waals surface area contributed by atoms with Crippen LogP contribution in [0.15, 0.2) is 41.7 Å². The van der Waals surface area contributed by atoms with Gasteiger partial charge in [0.1, 0.15) is 0 Å². The summed E-state index contributed by atoms with van der Waals surface area (Å²) >= 11 is 1.25. The number of rotatable bonds is 9. The van der Waals surface area contributed by atoms with E-state index < -0.39 is 0 Å². The first-order valence-electron chi connectivity index (χ1n) is 7.99. The van der Waals surface area contributed by atoms with Crippen LogP contribution in [-0.2, 0) is 0 Å². The van der Waals surface area contributed by atoms with E-state index in [-0.39, 0.29) is 11.5 Å². The van der Waals surface area contributed by atoms with Crippen molar-refractivity contribution in [2.75, 3.05) is 0 Å². The molecule has 22 heavy (non-hydrogen) atoms. The van der Waals surface area contributed by atoms with Gasteiger partial charge in [0.05, 0.1) is 10.1 Å². The fourth-order valence-corrected chi connectivity index (χ4v) is 3.47. The van der Waals surface area contributed by atoms with E-state index in [4.69, 9.17) is 0 Å². The van der Waals surface area contributed by atoms with Gasteiger partial charge in [-0.1, -0.05) is 43.9 Å². The van der Waals surface area contributed by atoms with Crippen LogP contribution in [0.4, 0.5) is 0 Å². The molecule has 0 fully saturated rings. The van der Waals surface area contributed by atoms with Gasteiger partial charge in [0.2, 0.25) is 5.91 Å². The van der Waals surface area contributed by atoms with Crippen molar-refractivity contribution in [2.24, 2.45) is 0 Å². The molecule has 0 aliphatic rings. The maximum absolute atomic E-state index is 12.2. The highest BCUT2D eigenvalue weighted by Crippen LogP contribution is 2.17. The highest BCUT2D eigenvalue weighted by atomic mass is 32.1. The zero-order valence-electron chi connectivity index (χ0n) is 12.9. The van der Waals surface area contributed by atoms with E-state index in [9.17, 15) is 9.59 Å². The number of benzene rings is 1. The summed E-state index contributed by atoms with van der Waals surface area (Å²) in [6.45, 7) is 3.71. The quantitative estimate of drug-likeness (QED) is 0.481. The van der Waals surface area contributed by atoms with Gasteiger partial charge in [0.25, 0.3) is 5.56 Å². The van der Waals surface area contributed by atoms with Gasteiger partial charge in [-0.05, 0) is 42.9 Å². The van der Waals surface area contributed by atoms with Crippen molar-refractivity contribution in [3.63, 3.8) is 0 Å². The summed E-state index contributed by atoms with van der Waals surface area (Å²) in [5, 5.41) is 0.642. The second kappa shape index (κ2) is 8.69. The predicted molar refractivity (Wildman–Crippen MR) is 93.8 cm³/mol. The van der Waals surface area contributed by atoms with Crippen LogP contribution >= 0.6 is 11.5 Å². The van der Waals surface area contributed by atoms with Crippen molar-refractivity contribution in [1.82, 2.24) is 3.96 Å². The van der Waals surface area contributed by atoms with Gasteiger partial charge in [-0.25, -0.2) is 0 Å². The van der Waals surface area contributed by atoms with Crippen molar-refractivity contribution >= 4 is 27.5 Å². The average molecular weight is 317 g/mol. The molecule has 1 heterocycles. The number of hydrogen-bond donors (Lipinski definition) is 0. The molecule has 0 spiro atoms. The standard InChI is InChI=1S/C18H23NO2S/c1-2-3-4-5-6-7-8-9-14-17(20)19-18(21)15-12-10-11-13-16(15)22-19/h2,10-13H,1,3-9,14H2. The average Bonchev–Trinajstić information content (AvgIpc) is 2.87. The zero-order chi connectivity index (χ0) is 15.8. The summed E-state index contributed by atoms with van der Waals surface area (Å²) in [6, 6.07) is 7.38. The molecule has 2 rings (SSSR count). The molecule has 0 saturated heterocycles. The van der Waals surface area contributed by atoms with E-state index in [1.165, 1.54) is 34.8 Å². The Morgan fingerprint density at radius 1 is 1.09 bits per heavy atom. The minimum Gasteiger partial charge on any atom is -0.273 e. The van der Waals surface area contributed by atoms with Gasteiger partial charge in [-0.2, -0.15) is 3.96 Å². The second-order valence-corrected chi connectivity index (χ2v) is 6.52. The van der Waals surface area contributed by atoms with Crippen LogP contribution in [0.5, 0.6) is 0 Å². The Kier molecular flexibility index (Phi) is 6.59. The van der Waals surface area contributed by atoms with E-state index in [2.05, 4.69) is 6.58 Å². The van der Waals surface area contributed by atoms with Crippen LogP contribution in [0, 0.1) is 0 Å². The smallest absolute Gasteiger partial charge is 0.273 e. The third-order valence-electron chi connectivity index (χ3n) is 3.77. The Bertz CT molecular complexity index is 684. The van der Waals surface area contributed by atoms with E-state index in [0.29, 0.717) is 11.8 Å². The third-order valence-corrected chi connectivity index (χ3v) is 4.87. The molecule has 0 N–H and O–H groups in total. The number of aromatic nitrogens is 1. The Labute approximate surface area is 135 Å². The Morgan fingerprint density at radius 2 is 1.77 bits per heavy atom. The molecule has 0 atom stereocenters.